The Morgan fingerprint density at radius 1 is 0.949 bits per heavy atom. The summed E-state index contributed by atoms with van der Waals surface area (Å²) in [5.41, 5.74) is 2.34. The molecule has 1 aromatic carbocycles. The fourth-order valence-corrected chi connectivity index (χ4v) is 3.81. The van der Waals surface area contributed by atoms with E-state index in [2.05, 4.69) is 15.5 Å². The number of nitrogens with one attached hydrogen (secondary N) is 2. The van der Waals surface area contributed by atoms with Crippen molar-refractivity contribution in [3.63, 3.8) is 0 Å². The monoisotopic (exact) mass is 571 g/mol. The Hall–Kier alpha value is -4.09. The van der Waals surface area contributed by atoms with Crippen LogP contribution in [0.5, 0.6) is 0 Å². The molecule has 2 fully saturated rings. The molecule has 12 nitrogen and oxygen atoms in total. The second kappa shape index (κ2) is 12.2. The molecular weight excluding hydrogens is 548 g/mol. The number of imidazole rings is 1. The lowest BCUT2D eigenvalue weighted by molar-refractivity contribution is -0.193. The van der Waals surface area contributed by atoms with Gasteiger partial charge in [-0.2, -0.15) is 26.3 Å². The van der Waals surface area contributed by atoms with Crippen LogP contribution in [-0.4, -0.2) is 81.6 Å². The number of para-hydroxylation sites is 1. The van der Waals surface area contributed by atoms with E-state index in [1.54, 1.807) is 11.6 Å². The van der Waals surface area contributed by atoms with E-state index in [1.165, 1.54) is 4.57 Å². The molecule has 2 saturated heterocycles. The van der Waals surface area contributed by atoms with Gasteiger partial charge in [0.1, 0.15) is 6.04 Å². The SMILES string of the molecule is Cn1c(=O)n(C2CCC(=O)NC2=O)c2cccc(N3CCNCC3)c21.O=C(O)C(F)(F)F.O=C(O)C(F)(F)F. The van der Waals surface area contributed by atoms with Gasteiger partial charge in [-0.1, -0.05) is 6.07 Å². The molecule has 216 valence electrons. The zero-order valence-electron chi connectivity index (χ0n) is 20.1. The van der Waals surface area contributed by atoms with Gasteiger partial charge in [-0.25, -0.2) is 14.4 Å². The van der Waals surface area contributed by atoms with Crippen LogP contribution in [0.1, 0.15) is 18.9 Å². The number of fused-ring (bicyclic) bond motifs is 1. The second-order valence-corrected chi connectivity index (χ2v) is 8.17. The molecule has 0 aliphatic carbocycles. The summed E-state index contributed by atoms with van der Waals surface area (Å²) in [5.74, 6) is -6.20. The van der Waals surface area contributed by atoms with Gasteiger partial charge in [-0.3, -0.25) is 24.0 Å². The number of imide groups is 1. The largest absolute Gasteiger partial charge is 0.490 e. The number of carboxylic acids is 2. The summed E-state index contributed by atoms with van der Waals surface area (Å²) in [6, 6.07) is 5.16. The molecule has 0 saturated carbocycles. The fraction of sp³-hybridized carbons (Fsp3) is 0.476. The van der Waals surface area contributed by atoms with Crippen molar-refractivity contribution in [3.8, 4) is 0 Å². The highest BCUT2D eigenvalue weighted by Crippen LogP contribution is 2.29. The van der Waals surface area contributed by atoms with Crippen LogP contribution in [0.2, 0.25) is 0 Å². The number of amides is 2. The molecule has 2 aliphatic rings. The molecule has 2 amide bonds. The van der Waals surface area contributed by atoms with Gasteiger partial charge >= 0.3 is 30.0 Å². The first-order chi connectivity index (χ1) is 18.0. The first-order valence-corrected chi connectivity index (χ1v) is 11.1. The van der Waals surface area contributed by atoms with E-state index in [4.69, 9.17) is 19.8 Å². The summed E-state index contributed by atoms with van der Waals surface area (Å²) in [5, 5.41) is 19.9. The maximum atomic E-state index is 12.9. The van der Waals surface area contributed by atoms with Gasteiger partial charge < -0.3 is 20.4 Å². The van der Waals surface area contributed by atoms with Crippen LogP contribution in [0, 0.1) is 0 Å². The number of rotatable bonds is 2. The number of alkyl halides is 6. The highest BCUT2D eigenvalue weighted by atomic mass is 19.4. The molecule has 2 aliphatic heterocycles. The number of carbonyl (C=O) groups is 4. The Morgan fingerprint density at radius 2 is 1.46 bits per heavy atom. The van der Waals surface area contributed by atoms with Crippen molar-refractivity contribution in [3.05, 3.63) is 28.7 Å². The zero-order chi connectivity index (χ0) is 29.7. The highest BCUT2D eigenvalue weighted by molar-refractivity contribution is 6.00. The molecule has 0 radical (unpaired) electrons. The Balaban J connectivity index is 0.000000317. The van der Waals surface area contributed by atoms with Crippen molar-refractivity contribution in [2.75, 3.05) is 31.1 Å². The molecule has 3 heterocycles. The van der Waals surface area contributed by atoms with Crippen LogP contribution in [0.3, 0.4) is 0 Å². The normalized spacial score (nSPS) is 17.9. The van der Waals surface area contributed by atoms with E-state index < -0.39 is 36.2 Å². The van der Waals surface area contributed by atoms with Gasteiger partial charge in [0.2, 0.25) is 11.8 Å². The number of piperazine rings is 1. The van der Waals surface area contributed by atoms with Crippen molar-refractivity contribution < 1.29 is 55.7 Å². The summed E-state index contributed by atoms with van der Waals surface area (Å²) < 4.78 is 66.6. The minimum absolute atomic E-state index is 0.230. The van der Waals surface area contributed by atoms with Gasteiger partial charge in [0, 0.05) is 39.6 Å². The predicted molar refractivity (Wildman–Crippen MR) is 121 cm³/mol. The summed E-state index contributed by atoms with van der Waals surface area (Å²) in [6.07, 6.45) is -9.57. The van der Waals surface area contributed by atoms with Gasteiger partial charge in [0.25, 0.3) is 0 Å². The van der Waals surface area contributed by atoms with Crippen LogP contribution in [0.4, 0.5) is 32.0 Å². The average molecular weight is 571 g/mol. The van der Waals surface area contributed by atoms with Crippen molar-refractivity contribution in [2.45, 2.75) is 31.2 Å². The molecule has 2 aromatic rings. The summed E-state index contributed by atoms with van der Waals surface area (Å²) in [4.78, 5) is 56.6. The molecule has 18 heteroatoms. The van der Waals surface area contributed by atoms with Gasteiger partial charge in [-0.15, -0.1) is 0 Å². The van der Waals surface area contributed by atoms with Gasteiger partial charge in [0.05, 0.1) is 16.7 Å². The lowest BCUT2D eigenvalue weighted by Gasteiger charge is -2.30. The third kappa shape index (κ3) is 7.71. The Kier molecular flexibility index (Phi) is 9.72. The topological polar surface area (TPSA) is 163 Å². The molecule has 0 bridgehead atoms. The van der Waals surface area contributed by atoms with E-state index in [9.17, 15) is 40.7 Å². The number of halogens is 6. The van der Waals surface area contributed by atoms with Crippen LogP contribution in [0.25, 0.3) is 11.0 Å². The van der Waals surface area contributed by atoms with E-state index in [-0.39, 0.29) is 18.0 Å². The number of aliphatic carboxylic acids is 2. The summed E-state index contributed by atoms with van der Waals surface area (Å²) >= 11 is 0. The van der Waals surface area contributed by atoms with E-state index in [0.717, 1.165) is 42.9 Å². The molecular formula is C21H23F6N5O7. The van der Waals surface area contributed by atoms with Crippen molar-refractivity contribution in [1.29, 1.82) is 0 Å². The number of carboxylic acid groups (broad SMARTS) is 2. The Bertz CT molecular complexity index is 1270. The van der Waals surface area contributed by atoms with Gasteiger partial charge in [0.15, 0.2) is 0 Å². The molecule has 0 spiro atoms. The molecule has 39 heavy (non-hydrogen) atoms. The fourth-order valence-electron chi connectivity index (χ4n) is 3.81. The quantitative estimate of drug-likeness (QED) is 0.304. The maximum absolute atomic E-state index is 12.9. The molecule has 4 N–H and O–H groups in total. The molecule has 1 atom stereocenters. The van der Waals surface area contributed by atoms with Gasteiger partial charge in [-0.05, 0) is 18.6 Å². The standard InChI is InChI=1S/C17H21N5O3.2C2HF3O2/c1-20-15-11(21-9-7-18-8-10-21)3-2-4-12(15)22(17(20)25)13-5-6-14(23)19-16(13)24;2*3-2(4,5)1(6)7/h2-4,13,18H,5-10H2,1H3,(H,19,23,24);2*(H,6,7). The van der Waals surface area contributed by atoms with Crippen LogP contribution >= 0.6 is 0 Å². The van der Waals surface area contributed by atoms with Crippen LogP contribution < -0.4 is 21.2 Å². The number of aryl methyl sites for hydroxylation is 1. The summed E-state index contributed by atoms with van der Waals surface area (Å²) in [6.45, 7) is 3.55. The third-order valence-corrected chi connectivity index (χ3v) is 5.55. The summed E-state index contributed by atoms with van der Waals surface area (Å²) in [7, 11) is 1.73. The van der Waals surface area contributed by atoms with E-state index >= 15 is 0 Å². The van der Waals surface area contributed by atoms with E-state index in [0.29, 0.717) is 6.42 Å². The third-order valence-electron chi connectivity index (χ3n) is 5.55. The Labute approximate surface area is 214 Å². The lowest BCUT2D eigenvalue weighted by atomic mass is 10.1. The van der Waals surface area contributed by atoms with Crippen molar-refractivity contribution in [1.82, 2.24) is 19.8 Å². The number of benzene rings is 1. The maximum Gasteiger partial charge on any atom is 0.490 e. The minimum Gasteiger partial charge on any atom is -0.475 e. The molecule has 1 aromatic heterocycles. The number of carbonyl (C=O) groups excluding carboxylic acids is 2. The second-order valence-electron chi connectivity index (χ2n) is 8.17. The lowest BCUT2D eigenvalue weighted by Crippen LogP contribution is -2.44. The first-order valence-electron chi connectivity index (χ1n) is 11.1. The number of hydrogen-bond donors (Lipinski definition) is 4. The number of anilines is 1. The van der Waals surface area contributed by atoms with E-state index in [1.807, 2.05) is 18.2 Å². The van der Waals surface area contributed by atoms with Crippen LogP contribution in [-0.2, 0) is 26.2 Å². The number of piperidine rings is 1. The van der Waals surface area contributed by atoms with Crippen molar-refractivity contribution in [2.24, 2.45) is 7.05 Å². The average Bonchev–Trinajstić information content (AvgIpc) is 3.09. The number of aromatic nitrogens is 2. The smallest absolute Gasteiger partial charge is 0.475 e. The molecule has 1 unspecified atom stereocenters. The Morgan fingerprint density at radius 3 is 1.92 bits per heavy atom. The minimum atomic E-state index is -5.08. The van der Waals surface area contributed by atoms with Crippen molar-refractivity contribution >= 4 is 40.5 Å². The van der Waals surface area contributed by atoms with Crippen LogP contribution in [0.15, 0.2) is 23.0 Å². The first kappa shape index (κ1) is 31.1. The number of hydrogen-bond acceptors (Lipinski definition) is 7. The molecule has 4 rings (SSSR count). The zero-order valence-corrected chi connectivity index (χ0v) is 20.1. The predicted octanol–water partition coefficient (Wildman–Crippen LogP) is 0.994. The highest BCUT2D eigenvalue weighted by Gasteiger charge is 2.39. The number of nitrogens with zero attached hydrogens (tertiary/aromatic N) is 3.